The topological polar surface area (TPSA) is 113 Å². The van der Waals surface area contributed by atoms with Crippen LogP contribution in [0.4, 0.5) is 23.3 Å². The highest BCUT2D eigenvalue weighted by Gasteiger charge is 2.24. The van der Waals surface area contributed by atoms with Crippen molar-refractivity contribution in [3.8, 4) is 0 Å². The van der Waals surface area contributed by atoms with E-state index in [0.29, 0.717) is 22.9 Å². The molecule has 0 saturated carbocycles. The maximum absolute atomic E-state index is 13.0. The van der Waals surface area contributed by atoms with Crippen LogP contribution in [0.3, 0.4) is 0 Å². The summed E-state index contributed by atoms with van der Waals surface area (Å²) in [6, 6.07) is 14.2. The van der Waals surface area contributed by atoms with Crippen LogP contribution in [0.15, 0.2) is 59.3 Å². The van der Waals surface area contributed by atoms with Crippen molar-refractivity contribution in [1.29, 1.82) is 0 Å². The lowest BCUT2D eigenvalue weighted by molar-refractivity contribution is -0.112. The Balaban J connectivity index is 1.61. The van der Waals surface area contributed by atoms with Crippen molar-refractivity contribution in [2.24, 2.45) is 0 Å². The van der Waals surface area contributed by atoms with Gasteiger partial charge < -0.3 is 20.1 Å². The molecule has 0 spiro atoms. The molecule has 0 bridgehead atoms. The lowest BCUT2D eigenvalue weighted by Crippen LogP contribution is -2.23. The van der Waals surface area contributed by atoms with Crippen molar-refractivity contribution < 1.29 is 14.1 Å². The molecule has 0 aliphatic rings. The number of ketones is 1. The fraction of sp³-hybridized carbons (Fsp3) is 0.240. The predicted octanol–water partition coefficient (Wildman–Crippen LogP) is 4.55. The van der Waals surface area contributed by atoms with Crippen LogP contribution < -0.4 is 15.5 Å². The molecule has 34 heavy (non-hydrogen) atoms. The van der Waals surface area contributed by atoms with Crippen molar-refractivity contribution in [3.05, 3.63) is 66.1 Å². The summed E-state index contributed by atoms with van der Waals surface area (Å²) >= 11 is 0. The number of carbonyl (C=O) groups excluding carboxylic acids is 2. The zero-order valence-electron chi connectivity index (χ0n) is 19.7. The molecule has 0 unspecified atom stereocenters. The van der Waals surface area contributed by atoms with E-state index in [2.05, 4.69) is 25.8 Å². The number of hydrogen-bond acceptors (Lipinski definition) is 8. The third-order valence-electron chi connectivity index (χ3n) is 5.17. The predicted molar refractivity (Wildman–Crippen MR) is 132 cm³/mol. The van der Waals surface area contributed by atoms with Crippen molar-refractivity contribution in [1.82, 2.24) is 15.1 Å². The molecule has 9 nitrogen and oxygen atoms in total. The molecule has 0 saturated heterocycles. The maximum atomic E-state index is 13.0. The highest BCUT2D eigenvalue weighted by atomic mass is 16.5. The summed E-state index contributed by atoms with van der Waals surface area (Å²) in [5, 5.41) is 11.1. The number of carbonyl (C=O) groups is 2. The van der Waals surface area contributed by atoms with Gasteiger partial charge in [0, 0.05) is 48.4 Å². The van der Waals surface area contributed by atoms with Crippen LogP contribution in [0.5, 0.6) is 0 Å². The van der Waals surface area contributed by atoms with E-state index in [9.17, 15) is 9.59 Å². The Morgan fingerprint density at radius 2 is 1.71 bits per heavy atom. The van der Waals surface area contributed by atoms with Gasteiger partial charge in [0.1, 0.15) is 11.6 Å². The molecule has 4 rings (SSSR count). The monoisotopic (exact) mass is 458 g/mol. The molecule has 2 aromatic carbocycles. The summed E-state index contributed by atoms with van der Waals surface area (Å²) in [5.41, 5.74) is 0.771. The number of anilines is 4. The third kappa shape index (κ3) is 4.73. The Morgan fingerprint density at radius 1 is 0.971 bits per heavy atom. The Morgan fingerprint density at radius 3 is 2.38 bits per heavy atom. The molecule has 2 N–H and O–H groups in total. The van der Waals surface area contributed by atoms with Crippen LogP contribution in [0.1, 0.15) is 36.9 Å². The minimum atomic E-state index is -0.786. The number of amides is 1. The first-order chi connectivity index (χ1) is 16.1. The van der Waals surface area contributed by atoms with Crippen LogP contribution in [0.2, 0.25) is 0 Å². The minimum absolute atomic E-state index is 0.200. The van der Waals surface area contributed by atoms with Crippen LogP contribution >= 0.6 is 0 Å². The molecule has 174 valence electrons. The highest BCUT2D eigenvalue weighted by Crippen LogP contribution is 2.30. The number of fused-ring (bicyclic) bond motifs is 1. The van der Waals surface area contributed by atoms with Gasteiger partial charge in [-0.25, -0.2) is 4.98 Å². The molecule has 0 fully saturated rings. The number of rotatable bonds is 6. The quantitative estimate of drug-likeness (QED) is 0.320. The number of benzene rings is 2. The molecular weight excluding hydrogens is 432 g/mol. The zero-order valence-corrected chi connectivity index (χ0v) is 19.7. The first-order valence-corrected chi connectivity index (χ1v) is 10.8. The lowest BCUT2D eigenvalue weighted by Gasteiger charge is -2.14. The van der Waals surface area contributed by atoms with Gasteiger partial charge in [-0.05, 0) is 23.6 Å². The van der Waals surface area contributed by atoms with Gasteiger partial charge in [-0.3, -0.25) is 9.59 Å². The van der Waals surface area contributed by atoms with Crippen molar-refractivity contribution >= 4 is 45.7 Å². The van der Waals surface area contributed by atoms with Gasteiger partial charge >= 0.3 is 0 Å². The SMILES string of the molecule is CN(C)c1nccc(Nc2ccc(C(=O)C(=O)Nc3cc(C(C)(C)C)on3)c3ccccc23)n1. The summed E-state index contributed by atoms with van der Waals surface area (Å²) in [6.45, 7) is 5.90. The maximum Gasteiger partial charge on any atom is 0.298 e. The summed E-state index contributed by atoms with van der Waals surface area (Å²) in [4.78, 5) is 36.3. The fourth-order valence-electron chi connectivity index (χ4n) is 3.36. The first kappa shape index (κ1) is 22.9. The number of hydrogen-bond donors (Lipinski definition) is 2. The van der Waals surface area contributed by atoms with E-state index in [4.69, 9.17) is 4.52 Å². The van der Waals surface area contributed by atoms with Gasteiger partial charge in [0.25, 0.3) is 11.7 Å². The number of nitrogens with one attached hydrogen (secondary N) is 2. The molecule has 0 aliphatic carbocycles. The van der Waals surface area contributed by atoms with Gasteiger partial charge in [0.2, 0.25) is 5.95 Å². The van der Waals surface area contributed by atoms with Crippen LogP contribution in [-0.2, 0) is 10.2 Å². The van der Waals surface area contributed by atoms with Gasteiger partial charge in [-0.1, -0.05) is 50.2 Å². The van der Waals surface area contributed by atoms with Gasteiger partial charge in [0.15, 0.2) is 5.82 Å². The van der Waals surface area contributed by atoms with E-state index < -0.39 is 11.7 Å². The van der Waals surface area contributed by atoms with Gasteiger partial charge in [-0.15, -0.1) is 0 Å². The molecule has 0 aliphatic heterocycles. The standard InChI is InChI=1S/C25H26N6O3/c1-25(2,3)19-14-21(30-34-19)28-23(33)22(32)17-10-11-18(16-9-7-6-8-15(16)17)27-20-12-13-26-24(29-20)31(4)5/h6-14H,1-5H3,(H,26,27,29)(H,28,30,33). The Hall–Kier alpha value is -4.27. The average Bonchev–Trinajstić information content (AvgIpc) is 3.28. The third-order valence-corrected chi connectivity index (χ3v) is 5.17. The minimum Gasteiger partial charge on any atom is -0.359 e. The van der Waals surface area contributed by atoms with Crippen LogP contribution in [0.25, 0.3) is 10.8 Å². The van der Waals surface area contributed by atoms with Crippen molar-refractivity contribution in [2.45, 2.75) is 26.2 Å². The molecule has 2 aromatic heterocycles. The zero-order chi connectivity index (χ0) is 24.5. The second-order valence-electron chi connectivity index (χ2n) is 9.08. The second-order valence-corrected chi connectivity index (χ2v) is 9.08. The number of aromatic nitrogens is 3. The lowest BCUT2D eigenvalue weighted by atomic mass is 9.93. The Labute approximate surface area is 197 Å². The summed E-state index contributed by atoms with van der Waals surface area (Å²) in [5.74, 6) is 0.539. The highest BCUT2D eigenvalue weighted by molar-refractivity contribution is 6.48. The summed E-state index contributed by atoms with van der Waals surface area (Å²) < 4.78 is 5.28. The average molecular weight is 459 g/mol. The first-order valence-electron chi connectivity index (χ1n) is 10.8. The molecular formula is C25H26N6O3. The molecule has 0 radical (unpaired) electrons. The van der Waals surface area contributed by atoms with Gasteiger partial charge in [0.05, 0.1) is 0 Å². The Kier molecular flexibility index (Phi) is 6.02. The van der Waals surface area contributed by atoms with Crippen molar-refractivity contribution in [2.75, 3.05) is 29.6 Å². The van der Waals surface area contributed by atoms with E-state index in [1.54, 1.807) is 36.5 Å². The Bertz CT molecular complexity index is 1370. The normalized spacial score (nSPS) is 11.3. The summed E-state index contributed by atoms with van der Waals surface area (Å²) in [6.07, 6.45) is 1.67. The van der Waals surface area contributed by atoms with Crippen molar-refractivity contribution in [3.63, 3.8) is 0 Å². The largest absolute Gasteiger partial charge is 0.359 e. The van der Waals surface area contributed by atoms with E-state index in [1.165, 1.54) is 0 Å². The van der Waals surface area contributed by atoms with Crippen LogP contribution in [0, 0.1) is 0 Å². The molecule has 2 heterocycles. The van der Waals surface area contributed by atoms with E-state index in [1.807, 2.05) is 58.0 Å². The second kappa shape index (κ2) is 8.93. The molecule has 4 aromatic rings. The van der Waals surface area contributed by atoms with Gasteiger partial charge in [-0.2, -0.15) is 4.98 Å². The smallest absolute Gasteiger partial charge is 0.298 e. The number of nitrogens with zero attached hydrogens (tertiary/aromatic N) is 4. The fourth-order valence-corrected chi connectivity index (χ4v) is 3.36. The van der Waals surface area contributed by atoms with E-state index >= 15 is 0 Å². The molecule has 0 atom stereocenters. The molecule has 1 amide bonds. The van der Waals surface area contributed by atoms with E-state index in [0.717, 1.165) is 11.1 Å². The number of Topliss-reactive ketones (excluding diaryl/α,β-unsaturated/α-hetero) is 1. The molecule has 9 heteroatoms. The van der Waals surface area contributed by atoms with E-state index in [-0.39, 0.29) is 16.8 Å². The van der Waals surface area contributed by atoms with Crippen LogP contribution in [-0.4, -0.2) is 40.9 Å². The summed E-state index contributed by atoms with van der Waals surface area (Å²) in [7, 11) is 3.73.